The Balaban J connectivity index is 1.96. The second kappa shape index (κ2) is 6.01. The van der Waals surface area contributed by atoms with Crippen molar-refractivity contribution in [1.29, 1.82) is 0 Å². The van der Waals surface area contributed by atoms with Crippen molar-refractivity contribution in [2.45, 2.75) is 52.4 Å². The smallest absolute Gasteiger partial charge is 0.226 e. The molecule has 0 radical (unpaired) electrons. The second-order valence-electron chi connectivity index (χ2n) is 5.65. The average molecular weight is 281 g/mol. The van der Waals surface area contributed by atoms with Gasteiger partial charge in [-0.25, -0.2) is 4.98 Å². The van der Waals surface area contributed by atoms with Gasteiger partial charge in [0.1, 0.15) is 0 Å². The minimum atomic E-state index is 0.0175. The quantitative estimate of drug-likeness (QED) is 0.891. The van der Waals surface area contributed by atoms with Crippen LogP contribution in [-0.4, -0.2) is 17.4 Å². The van der Waals surface area contributed by atoms with Gasteiger partial charge in [-0.15, -0.1) is 11.3 Å². The molecule has 106 valence electrons. The van der Waals surface area contributed by atoms with Crippen molar-refractivity contribution in [3.63, 3.8) is 0 Å². The standard InChI is InChI=1S/C14H23N3OS/c1-10-11(2)19-13(16-10)17-12(18)8-14(9-15)6-4-3-5-7-14/h3-9,15H2,1-2H3,(H,16,17,18). The van der Waals surface area contributed by atoms with E-state index in [2.05, 4.69) is 10.3 Å². The van der Waals surface area contributed by atoms with E-state index in [1.165, 1.54) is 30.6 Å². The minimum absolute atomic E-state index is 0.0175. The summed E-state index contributed by atoms with van der Waals surface area (Å²) in [5.41, 5.74) is 6.92. The maximum absolute atomic E-state index is 12.2. The Morgan fingerprint density at radius 1 is 1.37 bits per heavy atom. The van der Waals surface area contributed by atoms with E-state index in [9.17, 15) is 4.79 Å². The van der Waals surface area contributed by atoms with Gasteiger partial charge in [0.05, 0.1) is 5.69 Å². The molecule has 1 saturated carbocycles. The molecule has 2 rings (SSSR count). The molecule has 3 N–H and O–H groups in total. The van der Waals surface area contributed by atoms with Crippen molar-refractivity contribution in [3.05, 3.63) is 10.6 Å². The molecule has 1 fully saturated rings. The number of carbonyl (C=O) groups excluding carboxylic acids is 1. The lowest BCUT2D eigenvalue weighted by Crippen LogP contribution is -2.36. The maximum Gasteiger partial charge on any atom is 0.226 e. The van der Waals surface area contributed by atoms with Crippen molar-refractivity contribution in [3.8, 4) is 0 Å². The Bertz CT molecular complexity index is 430. The van der Waals surface area contributed by atoms with E-state index in [0.717, 1.165) is 23.4 Å². The fourth-order valence-corrected chi connectivity index (χ4v) is 3.62. The summed E-state index contributed by atoms with van der Waals surface area (Å²) < 4.78 is 0. The van der Waals surface area contributed by atoms with E-state index in [1.54, 1.807) is 0 Å². The molecule has 0 aliphatic heterocycles. The summed E-state index contributed by atoms with van der Waals surface area (Å²) in [5.74, 6) is 0.0566. The molecule has 0 saturated heterocycles. The van der Waals surface area contributed by atoms with E-state index in [-0.39, 0.29) is 11.3 Å². The molecule has 1 aromatic heterocycles. The van der Waals surface area contributed by atoms with Gasteiger partial charge < -0.3 is 11.1 Å². The van der Waals surface area contributed by atoms with E-state index < -0.39 is 0 Å². The van der Waals surface area contributed by atoms with Crippen LogP contribution in [-0.2, 0) is 4.79 Å². The molecular formula is C14H23N3OS. The highest BCUT2D eigenvalue weighted by Crippen LogP contribution is 2.38. The lowest BCUT2D eigenvalue weighted by molar-refractivity contribution is -0.118. The third kappa shape index (κ3) is 3.54. The largest absolute Gasteiger partial charge is 0.330 e. The van der Waals surface area contributed by atoms with Gasteiger partial charge in [-0.2, -0.15) is 0 Å². The van der Waals surface area contributed by atoms with Gasteiger partial charge >= 0.3 is 0 Å². The lowest BCUT2D eigenvalue weighted by atomic mass is 9.72. The van der Waals surface area contributed by atoms with Gasteiger partial charge in [0.2, 0.25) is 5.91 Å². The molecule has 1 aliphatic rings. The summed E-state index contributed by atoms with van der Waals surface area (Å²) >= 11 is 1.54. The molecule has 0 unspecified atom stereocenters. The Kier molecular flexibility index (Phi) is 4.58. The van der Waals surface area contributed by atoms with Gasteiger partial charge in [-0.1, -0.05) is 19.3 Å². The van der Waals surface area contributed by atoms with Gasteiger partial charge in [0, 0.05) is 11.3 Å². The third-order valence-corrected chi connectivity index (χ3v) is 5.15. The monoisotopic (exact) mass is 281 g/mol. The highest BCUT2D eigenvalue weighted by atomic mass is 32.1. The van der Waals surface area contributed by atoms with Crippen LogP contribution in [0.25, 0.3) is 0 Å². The number of thiazole rings is 1. The van der Waals surface area contributed by atoms with Gasteiger partial charge in [0.25, 0.3) is 0 Å². The minimum Gasteiger partial charge on any atom is -0.330 e. The fourth-order valence-electron chi connectivity index (χ4n) is 2.79. The average Bonchev–Trinajstić information content (AvgIpc) is 2.69. The Morgan fingerprint density at radius 2 is 2.05 bits per heavy atom. The zero-order valence-corrected chi connectivity index (χ0v) is 12.6. The number of amides is 1. The molecule has 0 atom stereocenters. The predicted octanol–water partition coefficient (Wildman–Crippen LogP) is 3.00. The molecule has 0 aromatic carbocycles. The van der Waals surface area contributed by atoms with Crippen molar-refractivity contribution in [2.75, 3.05) is 11.9 Å². The number of rotatable bonds is 4. The van der Waals surface area contributed by atoms with Crippen LogP contribution >= 0.6 is 11.3 Å². The third-order valence-electron chi connectivity index (χ3n) is 4.16. The van der Waals surface area contributed by atoms with Crippen LogP contribution in [0.15, 0.2) is 0 Å². The zero-order valence-electron chi connectivity index (χ0n) is 11.8. The van der Waals surface area contributed by atoms with Gasteiger partial charge in [-0.3, -0.25) is 4.79 Å². The van der Waals surface area contributed by atoms with Crippen LogP contribution in [0.1, 0.15) is 49.1 Å². The number of aryl methyl sites for hydroxylation is 2. The topological polar surface area (TPSA) is 68.0 Å². The highest BCUT2D eigenvalue weighted by molar-refractivity contribution is 7.15. The van der Waals surface area contributed by atoms with Crippen LogP contribution in [0.2, 0.25) is 0 Å². The Hall–Kier alpha value is -0.940. The Labute approximate surface area is 118 Å². The molecule has 1 aromatic rings. The van der Waals surface area contributed by atoms with Gasteiger partial charge in [0.15, 0.2) is 5.13 Å². The van der Waals surface area contributed by atoms with Crippen molar-refractivity contribution >= 4 is 22.4 Å². The first-order valence-corrected chi connectivity index (χ1v) is 7.80. The second-order valence-corrected chi connectivity index (χ2v) is 6.85. The summed E-state index contributed by atoms with van der Waals surface area (Å²) in [7, 11) is 0. The fraction of sp³-hybridized carbons (Fsp3) is 0.714. The highest BCUT2D eigenvalue weighted by Gasteiger charge is 2.33. The number of hydrogen-bond acceptors (Lipinski definition) is 4. The number of anilines is 1. The van der Waals surface area contributed by atoms with E-state index in [1.807, 2.05) is 13.8 Å². The molecular weight excluding hydrogens is 258 g/mol. The lowest BCUT2D eigenvalue weighted by Gasteiger charge is -2.35. The van der Waals surface area contributed by atoms with Crippen molar-refractivity contribution in [2.24, 2.45) is 11.1 Å². The number of carbonyl (C=O) groups is 1. The molecule has 19 heavy (non-hydrogen) atoms. The first kappa shape index (κ1) is 14.5. The molecule has 1 heterocycles. The van der Waals surface area contributed by atoms with Gasteiger partial charge in [-0.05, 0) is 38.6 Å². The molecule has 0 bridgehead atoms. The molecule has 1 aliphatic carbocycles. The van der Waals surface area contributed by atoms with Crippen LogP contribution in [0.5, 0.6) is 0 Å². The van der Waals surface area contributed by atoms with Crippen LogP contribution in [0, 0.1) is 19.3 Å². The van der Waals surface area contributed by atoms with Crippen LogP contribution in [0.4, 0.5) is 5.13 Å². The van der Waals surface area contributed by atoms with Crippen LogP contribution < -0.4 is 11.1 Å². The number of nitrogens with zero attached hydrogens (tertiary/aromatic N) is 1. The van der Waals surface area contributed by atoms with E-state index in [4.69, 9.17) is 5.73 Å². The number of nitrogens with one attached hydrogen (secondary N) is 1. The number of aromatic nitrogens is 1. The molecule has 5 heteroatoms. The summed E-state index contributed by atoms with van der Waals surface area (Å²) in [6.45, 7) is 4.59. The van der Waals surface area contributed by atoms with Crippen molar-refractivity contribution < 1.29 is 4.79 Å². The molecule has 1 amide bonds. The SMILES string of the molecule is Cc1nc(NC(=O)CC2(CN)CCCCC2)sc1C. The van der Waals surface area contributed by atoms with Crippen LogP contribution in [0.3, 0.4) is 0 Å². The summed E-state index contributed by atoms with van der Waals surface area (Å²) in [6, 6.07) is 0. The normalized spacial score (nSPS) is 18.3. The number of nitrogens with two attached hydrogens (primary N) is 1. The zero-order chi connectivity index (χ0) is 13.9. The Morgan fingerprint density at radius 3 is 2.58 bits per heavy atom. The van der Waals surface area contributed by atoms with E-state index in [0.29, 0.717) is 18.1 Å². The van der Waals surface area contributed by atoms with E-state index >= 15 is 0 Å². The summed E-state index contributed by atoms with van der Waals surface area (Å²) in [4.78, 5) is 17.7. The first-order chi connectivity index (χ1) is 9.04. The maximum atomic E-state index is 12.2. The van der Waals surface area contributed by atoms with Crippen molar-refractivity contribution in [1.82, 2.24) is 4.98 Å². The summed E-state index contributed by atoms with van der Waals surface area (Å²) in [6.07, 6.45) is 6.34. The number of hydrogen-bond donors (Lipinski definition) is 2. The molecule has 4 nitrogen and oxygen atoms in total. The summed E-state index contributed by atoms with van der Waals surface area (Å²) in [5, 5.41) is 3.63. The molecule has 0 spiro atoms. The predicted molar refractivity (Wildman–Crippen MR) is 79.4 cm³/mol. The first-order valence-electron chi connectivity index (χ1n) is 6.99.